The number of carbonyl (C=O) groups excluding carboxylic acids is 2. The highest BCUT2D eigenvalue weighted by molar-refractivity contribution is 6.05. The van der Waals surface area contributed by atoms with Gasteiger partial charge in [0.15, 0.2) is 11.5 Å². The predicted octanol–water partition coefficient (Wildman–Crippen LogP) is 3.75. The van der Waals surface area contributed by atoms with E-state index in [1.54, 1.807) is 12.1 Å². The molecule has 0 saturated carbocycles. The third-order valence-corrected chi connectivity index (χ3v) is 4.31. The summed E-state index contributed by atoms with van der Waals surface area (Å²) in [4.78, 5) is 28.9. The number of pyridine rings is 1. The van der Waals surface area contributed by atoms with Crippen LogP contribution in [0.5, 0.6) is 17.2 Å². The van der Waals surface area contributed by atoms with Crippen LogP contribution in [0.25, 0.3) is 0 Å². The number of benzene rings is 2. The van der Waals surface area contributed by atoms with Gasteiger partial charge in [-0.1, -0.05) is 12.1 Å². The Labute approximate surface area is 178 Å². The van der Waals surface area contributed by atoms with E-state index >= 15 is 0 Å². The van der Waals surface area contributed by atoms with Gasteiger partial charge >= 0.3 is 0 Å². The highest BCUT2D eigenvalue weighted by Crippen LogP contribution is 2.38. The number of anilines is 2. The number of carbonyl (C=O) groups is 2. The fraction of sp³-hybridized carbons (Fsp3) is 0.136. The lowest BCUT2D eigenvalue weighted by atomic mass is 10.1. The fourth-order valence-corrected chi connectivity index (χ4v) is 2.79. The molecule has 0 unspecified atom stereocenters. The Morgan fingerprint density at radius 2 is 1.55 bits per heavy atom. The molecule has 2 N–H and O–H groups in total. The molecular formula is C22H20FN3O5. The average molecular weight is 425 g/mol. The van der Waals surface area contributed by atoms with E-state index in [1.807, 2.05) is 0 Å². The molecule has 0 aliphatic rings. The Kier molecular flexibility index (Phi) is 6.66. The molecule has 0 spiro atoms. The lowest BCUT2D eigenvalue weighted by Gasteiger charge is -2.14. The molecular weight excluding hydrogens is 405 g/mol. The number of halogens is 1. The molecule has 0 aliphatic carbocycles. The summed E-state index contributed by atoms with van der Waals surface area (Å²) in [5.74, 6) is -0.414. The first kappa shape index (κ1) is 21.6. The molecule has 0 radical (unpaired) electrons. The molecule has 3 rings (SSSR count). The van der Waals surface area contributed by atoms with E-state index in [-0.39, 0.29) is 16.9 Å². The van der Waals surface area contributed by atoms with E-state index in [0.717, 1.165) is 0 Å². The number of amides is 2. The molecule has 8 nitrogen and oxygen atoms in total. The summed E-state index contributed by atoms with van der Waals surface area (Å²) in [6.07, 6.45) is 1.37. The van der Waals surface area contributed by atoms with Gasteiger partial charge in [0.25, 0.3) is 11.8 Å². The topological polar surface area (TPSA) is 98.8 Å². The van der Waals surface area contributed by atoms with Crippen molar-refractivity contribution in [1.82, 2.24) is 4.98 Å². The van der Waals surface area contributed by atoms with Crippen LogP contribution in [0.15, 0.2) is 54.7 Å². The summed E-state index contributed by atoms with van der Waals surface area (Å²) in [5.41, 5.74) is 0.582. The van der Waals surface area contributed by atoms with Gasteiger partial charge < -0.3 is 24.8 Å². The van der Waals surface area contributed by atoms with Crippen LogP contribution in [0.1, 0.15) is 20.7 Å². The molecule has 0 fully saturated rings. The summed E-state index contributed by atoms with van der Waals surface area (Å²) in [7, 11) is 4.38. The Balaban J connectivity index is 1.72. The summed E-state index contributed by atoms with van der Waals surface area (Å²) in [5, 5.41) is 5.20. The van der Waals surface area contributed by atoms with Gasteiger partial charge in [-0.2, -0.15) is 0 Å². The monoisotopic (exact) mass is 425 g/mol. The van der Waals surface area contributed by atoms with Crippen LogP contribution in [0, 0.1) is 5.82 Å². The second-order valence-electron chi connectivity index (χ2n) is 6.23. The van der Waals surface area contributed by atoms with Gasteiger partial charge in [0.2, 0.25) is 5.75 Å². The third kappa shape index (κ3) is 4.89. The van der Waals surface area contributed by atoms with Gasteiger partial charge in [-0.15, -0.1) is 0 Å². The van der Waals surface area contributed by atoms with E-state index in [0.29, 0.717) is 22.9 Å². The van der Waals surface area contributed by atoms with Crippen molar-refractivity contribution < 1.29 is 28.2 Å². The molecule has 9 heteroatoms. The molecule has 3 aromatic rings. The van der Waals surface area contributed by atoms with Crippen molar-refractivity contribution in [2.75, 3.05) is 32.0 Å². The van der Waals surface area contributed by atoms with Crippen molar-refractivity contribution in [1.29, 1.82) is 0 Å². The number of ether oxygens (including phenoxy) is 3. The summed E-state index contributed by atoms with van der Waals surface area (Å²) < 4.78 is 29.5. The Morgan fingerprint density at radius 3 is 2.10 bits per heavy atom. The lowest BCUT2D eigenvalue weighted by molar-refractivity contribution is 0.101. The molecule has 31 heavy (non-hydrogen) atoms. The van der Waals surface area contributed by atoms with E-state index in [1.165, 1.54) is 63.9 Å². The molecule has 0 atom stereocenters. The number of aromatic nitrogens is 1. The van der Waals surface area contributed by atoms with E-state index in [9.17, 15) is 14.0 Å². The van der Waals surface area contributed by atoms with Crippen LogP contribution in [-0.2, 0) is 0 Å². The SMILES string of the molecule is COc1cc(C(=O)Nc2ccc(NC(=O)c3ccccc3F)nc2)cc(OC)c1OC. The fourth-order valence-electron chi connectivity index (χ4n) is 2.79. The van der Waals surface area contributed by atoms with Crippen LogP contribution < -0.4 is 24.8 Å². The van der Waals surface area contributed by atoms with E-state index < -0.39 is 17.6 Å². The molecule has 1 aromatic heterocycles. The van der Waals surface area contributed by atoms with Crippen LogP contribution >= 0.6 is 0 Å². The Hall–Kier alpha value is -4.14. The summed E-state index contributed by atoms with van der Waals surface area (Å²) in [6, 6.07) is 11.7. The molecule has 1 heterocycles. The van der Waals surface area contributed by atoms with Gasteiger partial charge in [0.05, 0.1) is 38.8 Å². The molecule has 2 aromatic carbocycles. The standard InChI is InChI=1S/C22H20FN3O5/c1-29-17-10-13(11-18(30-2)20(17)31-3)21(27)25-14-8-9-19(24-12-14)26-22(28)15-6-4-5-7-16(15)23/h4-12H,1-3H3,(H,25,27)(H,24,26,28). The van der Waals surface area contributed by atoms with Gasteiger partial charge in [-0.3, -0.25) is 9.59 Å². The third-order valence-electron chi connectivity index (χ3n) is 4.31. The molecule has 160 valence electrons. The second kappa shape index (κ2) is 9.57. The maximum absolute atomic E-state index is 13.7. The minimum atomic E-state index is -0.630. The van der Waals surface area contributed by atoms with Crippen molar-refractivity contribution in [2.24, 2.45) is 0 Å². The van der Waals surface area contributed by atoms with Gasteiger partial charge in [0.1, 0.15) is 11.6 Å². The second-order valence-corrected chi connectivity index (χ2v) is 6.23. The molecule has 0 saturated heterocycles. The van der Waals surface area contributed by atoms with Crippen molar-refractivity contribution in [3.05, 3.63) is 71.7 Å². The van der Waals surface area contributed by atoms with Gasteiger partial charge in [-0.05, 0) is 36.4 Å². The first-order valence-corrected chi connectivity index (χ1v) is 9.10. The largest absolute Gasteiger partial charge is 0.493 e. The maximum atomic E-state index is 13.7. The minimum Gasteiger partial charge on any atom is -0.493 e. The van der Waals surface area contributed by atoms with Crippen LogP contribution in [0.4, 0.5) is 15.9 Å². The number of nitrogens with zero attached hydrogens (tertiary/aromatic N) is 1. The molecule has 0 bridgehead atoms. The van der Waals surface area contributed by atoms with Crippen molar-refractivity contribution in [3.8, 4) is 17.2 Å². The smallest absolute Gasteiger partial charge is 0.259 e. The molecule has 0 aliphatic heterocycles. The Morgan fingerprint density at radius 1 is 0.871 bits per heavy atom. The van der Waals surface area contributed by atoms with Crippen LogP contribution in [0.2, 0.25) is 0 Å². The highest BCUT2D eigenvalue weighted by Gasteiger charge is 2.17. The number of nitrogens with one attached hydrogen (secondary N) is 2. The quantitative estimate of drug-likeness (QED) is 0.598. The van der Waals surface area contributed by atoms with Crippen LogP contribution in [0.3, 0.4) is 0 Å². The average Bonchev–Trinajstić information content (AvgIpc) is 2.79. The number of hydrogen-bond donors (Lipinski definition) is 2. The van der Waals surface area contributed by atoms with Crippen molar-refractivity contribution >= 4 is 23.3 Å². The normalized spacial score (nSPS) is 10.2. The van der Waals surface area contributed by atoms with Crippen molar-refractivity contribution in [2.45, 2.75) is 0 Å². The minimum absolute atomic E-state index is 0.0934. The number of rotatable bonds is 7. The summed E-state index contributed by atoms with van der Waals surface area (Å²) in [6.45, 7) is 0. The van der Waals surface area contributed by atoms with E-state index in [2.05, 4.69) is 15.6 Å². The number of methoxy groups -OCH3 is 3. The zero-order valence-electron chi connectivity index (χ0n) is 17.1. The van der Waals surface area contributed by atoms with Crippen molar-refractivity contribution in [3.63, 3.8) is 0 Å². The molecule has 2 amide bonds. The first-order chi connectivity index (χ1) is 15.0. The zero-order valence-corrected chi connectivity index (χ0v) is 17.1. The number of hydrogen-bond acceptors (Lipinski definition) is 6. The summed E-state index contributed by atoms with van der Waals surface area (Å²) >= 11 is 0. The van der Waals surface area contributed by atoms with Gasteiger partial charge in [0, 0.05) is 5.56 Å². The van der Waals surface area contributed by atoms with E-state index in [4.69, 9.17) is 14.2 Å². The zero-order chi connectivity index (χ0) is 22.4. The van der Waals surface area contributed by atoms with Crippen LogP contribution in [-0.4, -0.2) is 38.1 Å². The predicted molar refractivity (Wildman–Crippen MR) is 113 cm³/mol. The lowest BCUT2D eigenvalue weighted by Crippen LogP contribution is -2.15. The highest BCUT2D eigenvalue weighted by atomic mass is 19.1. The van der Waals surface area contributed by atoms with Gasteiger partial charge in [-0.25, -0.2) is 9.37 Å². The maximum Gasteiger partial charge on any atom is 0.259 e. The Bertz CT molecular complexity index is 1080. The first-order valence-electron chi connectivity index (χ1n) is 9.10.